The van der Waals surface area contributed by atoms with Gasteiger partial charge in [0.15, 0.2) is 4.67 Å². The normalized spacial score (nSPS) is 10.5. The lowest BCUT2D eigenvalue weighted by atomic mass is 10.2. The third kappa shape index (κ3) is 2.06. The minimum Gasteiger partial charge on any atom is -0.457 e. The Bertz CT molecular complexity index is 484. The van der Waals surface area contributed by atoms with E-state index in [1.165, 1.54) is 22.5 Å². The molecular weight excluding hydrogens is 276 g/mol. The van der Waals surface area contributed by atoms with Crippen LogP contribution in [0.25, 0.3) is 0 Å². The Labute approximate surface area is 100 Å². The Morgan fingerprint density at radius 3 is 2.80 bits per heavy atom. The Kier molecular flexibility index (Phi) is 3.07. The van der Waals surface area contributed by atoms with E-state index in [0.717, 1.165) is 11.3 Å². The van der Waals surface area contributed by atoms with Gasteiger partial charge in [-0.15, -0.1) is 11.3 Å². The lowest BCUT2D eigenvalue weighted by molar-refractivity contribution is 0.104. The van der Waals surface area contributed by atoms with E-state index in [0.29, 0.717) is 10.2 Å². The van der Waals surface area contributed by atoms with E-state index in [4.69, 9.17) is 4.42 Å². The van der Waals surface area contributed by atoms with Crippen molar-refractivity contribution < 1.29 is 9.21 Å². The van der Waals surface area contributed by atoms with Crippen LogP contribution < -0.4 is 0 Å². The molecule has 0 spiro atoms. The summed E-state index contributed by atoms with van der Waals surface area (Å²) in [5, 5.41) is 0. The number of halogens is 1. The van der Waals surface area contributed by atoms with Crippen LogP contribution >= 0.6 is 27.3 Å². The molecule has 2 nitrogen and oxygen atoms in total. The maximum absolute atomic E-state index is 12.0. The third-order valence-electron chi connectivity index (χ3n) is 2.10. The van der Waals surface area contributed by atoms with Crippen molar-refractivity contribution in [3.8, 4) is 0 Å². The van der Waals surface area contributed by atoms with E-state index in [9.17, 15) is 4.79 Å². The topological polar surface area (TPSA) is 30.2 Å². The Morgan fingerprint density at radius 2 is 2.27 bits per heavy atom. The largest absolute Gasteiger partial charge is 0.457 e. The van der Waals surface area contributed by atoms with Gasteiger partial charge in [0.2, 0.25) is 5.78 Å². The molecule has 0 radical (unpaired) electrons. The Balaban J connectivity index is 2.32. The first-order valence-electron chi connectivity index (χ1n) is 4.58. The molecule has 2 aromatic rings. The van der Waals surface area contributed by atoms with Crippen LogP contribution in [0.5, 0.6) is 0 Å². The average molecular weight is 285 g/mol. The molecule has 0 saturated heterocycles. The number of aryl methyl sites for hydroxylation is 1. The molecule has 4 heteroatoms. The minimum absolute atomic E-state index is 0.0142. The van der Waals surface area contributed by atoms with Gasteiger partial charge in [0.05, 0.1) is 16.7 Å². The van der Waals surface area contributed by atoms with Crippen molar-refractivity contribution in [1.29, 1.82) is 0 Å². The zero-order chi connectivity index (χ0) is 10.8. The van der Waals surface area contributed by atoms with Gasteiger partial charge in [-0.2, -0.15) is 0 Å². The molecule has 0 atom stereocenters. The predicted octanol–water partition coefficient (Wildman–Crippen LogP) is 3.90. The van der Waals surface area contributed by atoms with E-state index < -0.39 is 0 Å². The van der Waals surface area contributed by atoms with Gasteiger partial charge in [-0.3, -0.25) is 4.79 Å². The van der Waals surface area contributed by atoms with Gasteiger partial charge in [-0.25, -0.2) is 0 Å². The standard InChI is InChI=1S/C11H9BrO2S/c1-2-7-3-4-9(15-7)10(13)8-5-6-14-11(8)12/h3-6H,2H2,1H3. The summed E-state index contributed by atoms with van der Waals surface area (Å²) in [6, 6.07) is 5.54. The number of carbonyl (C=O) groups is 1. The van der Waals surface area contributed by atoms with Gasteiger partial charge < -0.3 is 4.42 Å². The van der Waals surface area contributed by atoms with E-state index in [-0.39, 0.29) is 5.78 Å². The van der Waals surface area contributed by atoms with E-state index in [1.54, 1.807) is 6.07 Å². The predicted molar refractivity (Wildman–Crippen MR) is 63.5 cm³/mol. The number of hydrogen-bond acceptors (Lipinski definition) is 3. The highest BCUT2D eigenvalue weighted by molar-refractivity contribution is 9.10. The molecule has 0 aliphatic heterocycles. The molecule has 0 fully saturated rings. The van der Waals surface area contributed by atoms with Crippen molar-refractivity contribution in [2.75, 3.05) is 0 Å². The minimum atomic E-state index is 0.0142. The first-order chi connectivity index (χ1) is 7.22. The second kappa shape index (κ2) is 4.33. The summed E-state index contributed by atoms with van der Waals surface area (Å²) in [4.78, 5) is 14.0. The average Bonchev–Trinajstić information content (AvgIpc) is 2.84. The highest BCUT2D eigenvalue weighted by Gasteiger charge is 2.16. The smallest absolute Gasteiger partial charge is 0.207 e. The third-order valence-corrected chi connectivity index (χ3v) is 3.94. The van der Waals surface area contributed by atoms with Crippen LogP contribution in [0.2, 0.25) is 0 Å². The molecule has 0 unspecified atom stereocenters. The van der Waals surface area contributed by atoms with Crippen molar-refractivity contribution >= 4 is 33.0 Å². The highest BCUT2D eigenvalue weighted by Crippen LogP contribution is 2.25. The lowest BCUT2D eigenvalue weighted by Crippen LogP contribution is -1.96. The van der Waals surface area contributed by atoms with E-state index in [2.05, 4.69) is 22.9 Å². The zero-order valence-corrected chi connectivity index (χ0v) is 10.5. The summed E-state index contributed by atoms with van der Waals surface area (Å²) < 4.78 is 5.54. The van der Waals surface area contributed by atoms with Crippen LogP contribution in [0, 0.1) is 0 Å². The SMILES string of the molecule is CCc1ccc(C(=O)c2ccoc2Br)s1. The molecule has 0 N–H and O–H groups in total. The van der Waals surface area contributed by atoms with Crippen LogP contribution in [-0.4, -0.2) is 5.78 Å². The molecule has 78 valence electrons. The molecule has 2 rings (SSSR count). The fourth-order valence-corrected chi connectivity index (χ4v) is 2.60. The van der Waals surface area contributed by atoms with Gasteiger partial charge in [0, 0.05) is 4.88 Å². The summed E-state index contributed by atoms with van der Waals surface area (Å²) in [7, 11) is 0. The molecule has 0 bridgehead atoms. The molecule has 2 aromatic heterocycles. The van der Waals surface area contributed by atoms with Crippen molar-refractivity contribution in [3.05, 3.63) is 44.4 Å². The number of rotatable bonds is 3. The van der Waals surface area contributed by atoms with Crippen molar-refractivity contribution in [1.82, 2.24) is 0 Å². The quantitative estimate of drug-likeness (QED) is 0.801. The molecule has 2 heterocycles. The fourth-order valence-electron chi connectivity index (χ4n) is 1.28. The maximum atomic E-state index is 12.0. The number of carbonyl (C=O) groups excluding carboxylic acids is 1. The van der Waals surface area contributed by atoms with Gasteiger partial charge in [-0.1, -0.05) is 6.92 Å². The highest BCUT2D eigenvalue weighted by atomic mass is 79.9. The summed E-state index contributed by atoms with van der Waals surface area (Å²) in [5.74, 6) is 0.0142. The van der Waals surface area contributed by atoms with Crippen molar-refractivity contribution in [3.63, 3.8) is 0 Å². The van der Waals surface area contributed by atoms with Gasteiger partial charge >= 0.3 is 0 Å². The van der Waals surface area contributed by atoms with Crippen molar-refractivity contribution in [2.45, 2.75) is 13.3 Å². The zero-order valence-electron chi connectivity index (χ0n) is 8.12. The maximum Gasteiger partial charge on any atom is 0.207 e. The fraction of sp³-hybridized carbons (Fsp3) is 0.182. The number of ketones is 1. The lowest BCUT2D eigenvalue weighted by Gasteiger charge is -1.93. The van der Waals surface area contributed by atoms with Crippen LogP contribution in [0.15, 0.2) is 33.5 Å². The molecule has 0 saturated carbocycles. The van der Waals surface area contributed by atoms with E-state index >= 15 is 0 Å². The summed E-state index contributed by atoms with van der Waals surface area (Å²) in [6.45, 7) is 2.08. The van der Waals surface area contributed by atoms with Crippen LogP contribution in [-0.2, 0) is 6.42 Å². The first kappa shape index (κ1) is 10.6. The Morgan fingerprint density at radius 1 is 1.47 bits per heavy atom. The second-order valence-electron chi connectivity index (χ2n) is 3.06. The summed E-state index contributed by atoms with van der Waals surface area (Å²) >= 11 is 4.74. The van der Waals surface area contributed by atoms with Crippen molar-refractivity contribution in [2.24, 2.45) is 0 Å². The summed E-state index contributed by atoms with van der Waals surface area (Å²) in [6.07, 6.45) is 2.47. The molecule has 0 amide bonds. The molecular formula is C11H9BrO2S. The monoisotopic (exact) mass is 284 g/mol. The molecule has 0 aliphatic rings. The molecule has 0 aliphatic carbocycles. The van der Waals surface area contributed by atoms with Crippen LogP contribution in [0.3, 0.4) is 0 Å². The van der Waals surface area contributed by atoms with Gasteiger partial charge in [0.25, 0.3) is 0 Å². The summed E-state index contributed by atoms with van der Waals surface area (Å²) in [5.41, 5.74) is 0.583. The van der Waals surface area contributed by atoms with Gasteiger partial charge in [0.1, 0.15) is 0 Å². The first-order valence-corrected chi connectivity index (χ1v) is 6.19. The van der Waals surface area contributed by atoms with Crippen LogP contribution in [0.1, 0.15) is 27.0 Å². The molecule has 0 aromatic carbocycles. The van der Waals surface area contributed by atoms with E-state index in [1.807, 2.05) is 12.1 Å². The number of furan rings is 1. The number of hydrogen-bond donors (Lipinski definition) is 0. The Hall–Kier alpha value is -0.870. The van der Waals surface area contributed by atoms with Crippen LogP contribution in [0.4, 0.5) is 0 Å². The second-order valence-corrected chi connectivity index (χ2v) is 4.95. The number of thiophene rings is 1. The molecule has 15 heavy (non-hydrogen) atoms. The van der Waals surface area contributed by atoms with Gasteiger partial charge in [-0.05, 0) is 40.5 Å².